The average Bonchev–Trinajstić information content (AvgIpc) is 3.55. The number of thioether (sulfide) groups is 2. The van der Waals surface area contributed by atoms with Gasteiger partial charge in [-0.15, -0.1) is 34.4 Å². The van der Waals surface area contributed by atoms with Crippen molar-refractivity contribution in [2.75, 3.05) is 5.75 Å². The van der Waals surface area contributed by atoms with E-state index in [0.29, 0.717) is 25.8 Å². The lowest BCUT2D eigenvalue weighted by Crippen LogP contribution is -2.70. The number of hydrogen-bond donors (Lipinski definition) is 2. The third kappa shape index (κ3) is 7.10. The third-order valence-electron chi connectivity index (χ3n) is 7.45. The van der Waals surface area contributed by atoms with Crippen LogP contribution in [0.1, 0.15) is 43.6 Å². The van der Waals surface area contributed by atoms with Crippen molar-refractivity contribution in [2.45, 2.75) is 54.7 Å². The van der Waals surface area contributed by atoms with E-state index in [1.807, 2.05) is 72.1 Å². The van der Waals surface area contributed by atoms with Gasteiger partial charge in [-0.25, -0.2) is 9.59 Å². The number of aliphatic hydroxyl groups is 1. The topological polar surface area (TPSA) is 122 Å². The summed E-state index contributed by atoms with van der Waals surface area (Å²) in [5.41, 5.74) is 1.54. The Hall–Kier alpha value is -3.88. The summed E-state index contributed by atoms with van der Waals surface area (Å²) < 4.78 is 13.7. The van der Waals surface area contributed by atoms with Gasteiger partial charge in [0.05, 0.1) is 25.8 Å². The summed E-state index contributed by atoms with van der Waals surface area (Å²) in [6, 6.07) is 19.7. The molecule has 0 bridgehead atoms. The highest BCUT2D eigenvalue weighted by Gasteiger charge is 2.54. The molecule has 6 rings (SSSR count). The minimum Gasteiger partial charge on any atom is -0.448 e. The summed E-state index contributed by atoms with van der Waals surface area (Å²) in [7, 11) is 0. The van der Waals surface area contributed by atoms with E-state index in [-0.39, 0.29) is 11.1 Å². The molecule has 0 aliphatic carbocycles. The maximum absolute atomic E-state index is 14.2. The highest BCUT2D eigenvalue weighted by Crippen LogP contribution is 2.43. The summed E-state index contributed by atoms with van der Waals surface area (Å²) >= 11 is 5.43. The van der Waals surface area contributed by atoms with Gasteiger partial charge in [-0.2, -0.15) is 0 Å². The zero-order valence-electron chi connectivity index (χ0n) is 26.2. The van der Waals surface area contributed by atoms with E-state index in [2.05, 4.69) is 5.32 Å². The molecule has 13 heteroatoms. The molecule has 9 nitrogen and oxygen atoms in total. The van der Waals surface area contributed by atoms with Crippen molar-refractivity contribution < 1.29 is 29.0 Å². The first-order chi connectivity index (χ1) is 23.1. The second-order valence-corrected chi connectivity index (χ2v) is 16.2. The molecule has 48 heavy (non-hydrogen) atoms. The molecular weight excluding hydrogens is 689 g/mol. The molecule has 248 valence electrons. The van der Waals surface area contributed by atoms with Gasteiger partial charge in [0.1, 0.15) is 22.7 Å². The van der Waals surface area contributed by atoms with Crippen LogP contribution in [0.5, 0.6) is 0 Å². The van der Waals surface area contributed by atoms with Gasteiger partial charge in [0, 0.05) is 5.75 Å². The van der Waals surface area contributed by atoms with Crippen molar-refractivity contribution in [3.63, 3.8) is 0 Å². The van der Waals surface area contributed by atoms with Crippen LogP contribution < -0.4 is 10.7 Å². The van der Waals surface area contributed by atoms with Gasteiger partial charge < -0.3 is 19.9 Å². The number of aliphatic hydroxyl groups excluding tert-OH is 1. The number of alkyl carbamates (subject to hydrolysis) is 1. The Morgan fingerprint density at radius 1 is 1.06 bits per heavy atom. The Bertz CT molecular complexity index is 1930. The van der Waals surface area contributed by atoms with E-state index in [1.165, 1.54) is 51.1 Å². The van der Waals surface area contributed by atoms with Crippen molar-refractivity contribution in [1.82, 2.24) is 10.2 Å². The standard InChI is InChI=1S/C35H32N2O7S4/c1-35(2,3)44-34(42)36-25-30(40)37-26(32(41)43-28(20-10-6-4-7-11-20)21-12-8-5-9-13-21)22(19-47-31(25)37)14-16-46-33-23(18-38)27(39)29-24(48-33)15-17-45-29/h4-17,25,28,31,38H,18-19H2,1-3H3,(H,36,42)/b16-14+/t25-,31-/m1/s1. The fourth-order valence-electron chi connectivity index (χ4n) is 5.29. The fourth-order valence-corrected chi connectivity index (χ4v) is 9.80. The lowest BCUT2D eigenvalue weighted by atomic mass is 10.0. The summed E-state index contributed by atoms with van der Waals surface area (Å²) in [4.78, 5) is 54.7. The molecule has 4 heterocycles. The number of hydrogen-bond acceptors (Lipinski definition) is 11. The fraction of sp³-hybridized carbons (Fsp3) is 0.257. The van der Waals surface area contributed by atoms with Crippen LogP contribution in [0.2, 0.25) is 0 Å². The number of nitrogens with one attached hydrogen (secondary N) is 1. The molecular formula is C35H32N2O7S4. The minimum absolute atomic E-state index is 0.0866. The van der Waals surface area contributed by atoms with E-state index in [1.54, 1.807) is 32.3 Å². The predicted octanol–water partition coefficient (Wildman–Crippen LogP) is 6.82. The zero-order valence-corrected chi connectivity index (χ0v) is 29.5. The highest BCUT2D eigenvalue weighted by atomic mass is 32.2. The van der Waals surface area contributed by atoms with E-state index >= 15 is 0 Å². The quantitative estimate of drug-likeness (QED) is 0.109. The number of carbonyl (C=O) groups excluding carboxylic acids is 3. The maximum Gasteiger partial charge on any atom is 0.408 e. The van der Waals surface area contributed by atoms with Crippen LogP contribution in [0.3, 0.4) is 0 Å². The lowest BCUT2D eigenvalue weighted by Gasteiger charge is -2.49. The Morgan fingerprint density at radius 2 is 1.73 bits per heavy atom. The molecule has 0 radical (unpaired) electrons. The van der Waals surface area contributed by atoms with Gasteiger partial charge >= 0.3 is 12.1 Å². The van der Waals surface area contributed by atoms with Gasteiger partial charge in [-0.3, -0.25) is 14.5 Å². The number of thiophene rings is 1. The number of carbonyl (C=O) groups is 3. The third-order valence-corrected chi connectivity index (χ3v) is 12.1. The van der Waals surface area contributed by atoms with Crippen LogP contribution >= 0.6 is 46.2 Å². The molecule has 1 saturated heterocycles. The van der Waals surface area contributed by atoms with Gasteiger partial charge in [0.2, 0.25) is 5.43 Å². The molecule has 2 amide bonds. The first kappa shape index (κ1) is 34.0. The van der Waals surface area contributed by atoms with E-state index in [4.69, 9.17) is 9.47 Å². The first-order valence-corrected chi connectivity index (χ1v) is 18.6. The number of allylic oxidation sites excluding steroid dienone is 1. The van der Waals surface area contributed by atoms with Crippen LogP contribution in [0.25, 0.3) is 9.40 Å². The number of amides is 2. The van der Waals surface area contributed by atoms with Crippen molar-refractivity contribution in [2.24, 2.45) is 0 Å². The summed E-state index contributed by atoms with van der Waals surface area (Å²) in [5, 5.41) is 15.7. The number of nitrogens with zero attached hydrogens (tertiary/aromatic N) is 1. The summed E-state index contributed by atoms with van der Waals surface area (Å²) in [6.07, 6.45) is 0.280. The normalized spacial score (nSPS) is 17.9. The molecule has 2 aromatic carbocycles. The zero-order chi connectivity index (χ0) is 34.0. The number of β-lactam (4-membered cyclic amide) rings is 1. The molecule has 0 unspecified atom stereocenters. The average molecular weight is 721 g/mol. The monoisotopic (exact) mass is 720 g/mol. The van der Waals surface area contributed by atoms with Gasteiger partial charge in [-0.05, 0) is 60.4 Å². The van der Waals surface area contributed by atoms with Crippen molar-refractivity contribution >= 4 is 73.6 Å². The second kappa shape index (κ2) is 14.3. The maximum atomic E-state index is 14.2. The molecule has 2 aliphatic rings. The predicted molar refractivity (Wildman–Crippen MR) is 191 cm³/mol. The Kier molecular flexibility index (Phi) is 10.1. The van der Waals surface area contributed by atoms with E-state index in [0.717, 1.165) is 15.8 Å². The van der Waals surface area contributed by atoms with Crippen LogP contribution in [0, 0.1) is 0 Å². The van der Waals surface area contributed by atoms with Crippen LogP contribution in [0.4, 0.5) is 4.79 Å². The van der Waals surface area contributed by atoms with Crippen molar-refractivity contribution in [1.29, 1.82) is 0 Å². The number of rotatable bonds is 9. The van der Waals surface area contributed by atoms with Crippen LogP contribution in [-0.4, -0.2) is 50.7 Å². The molecule has 2 aliphatic heterocycles. The van der Waals surface area contributed by atoms with Crippen LogP contribution in [-0.2, 0) is 25.7 Å². The first-order valence-electron chi connectivity index (χ1n) is 15.0. The Balaban J connectivity index is 1.33. The van der Waals surface area contributed by atoms with Crippen molar-refractivity contribution in [3.8, 4) is 0 Å². The summed E-state index contributed by atoms with van der Waals surface area (Å²) in [6.45, 7) is 4.81. The van der Waals surface area contributed by atoms with E-state index in [9.17, 15) is 24.3 Å². The Morgan fingerprint density at radius 3 is 2.35 bits per heavy atom. The Labute approximate surface area is 293 Å². The molecule has 4 aromatic rings. The van der Waals surface area contributed by atoms with Gasteiger partial charge in [-0.1, -0.05) is 72.4 Å². The highest BCUT2D eigenvalue weighted by molar-refractivity contribution is 8.04. The number of ether oxygens (including phenoxy) is 2. The molecule has 1 fully saturated rings. The number of fused-ring (bicyclic) bond motifs is 2. The second-order valence-electron chi connectivity index (χ2n) is 11.9. The molecule has 0 saturated carbocycles. The van der Waals surface area contributed by atoms with Gasteiger partial charge in [0.25, 0.3) is 5.91 Å². The van der Waals surface area contributed by atoms with Crippen LogP contribution in [0.15, 0.2) is 104 Å². The molecule has 0 spiro atoms. The summed E-state index contributed by atoms with van der Waals surface area (Å²) in [5.74, 6) is -0.800. The molecule has 2 aromatic heterocycles. The van der Waals surface area contributed by atoms with Gasteiger partial charge in [0.15, 0.2) is 6.10 Å². The van der Waals surface area contributed by atoms with E-state index < -0.39 is 47.7 Å². The molecule has 2 atom stereocenters. The van der Waals surface area contributed by atoms with Crippen molar-refractivity contribution in [3.05, 3.63) is 122 Å². The number of benzene rings is 2. The smallest absolute Gasteiger partial charge is 0.408 e. The lowest BCUT2D eigenvalue weighted by molar-refractivity contribution is -0.153. The number of esters is 1. The SMILES string of the molecule is CC(C)(C)OC(=O)N[C@@H]1C(=O)N2C(C(=O)OC(c3ccccc3)c3ccccc3)=C(/C=C/Sc3sc4ccsc4c(=O)c3CO)CS[C@H]12. The largest absolute Gasteiger partial charge is 0.448 e. The minimum atomic E-state index is -0.881. The molecule has 2 N–H and O–H groups in total.